The van der Waals surface area contributed by atoms with Gasteiger partial charge in [0.15, 0.2) is 0 Å². The number of aromatic nitrogens is 1. The summed E-state index contributed by atoms with van der Waals surface area (Å²) in [6, 6.07) is 12.7. The smallest absolute Gasteiger partial charge is 0.0705 e. The summed E-state index contributed by atoms with van der Waals surface area (Å²) in [5, 5.41) is 1.22. The largest absolute Gasteiger partial charge is 0.253 e. The Morgan fingerprint density at radius 3 is 2.20 bits per heavy atom. The fourth-order valence-electron chi connectivity index (χ4n) is 3.18. The van der Waals surface area contributed by atoms with Crippen LogP contribution in [0.25, 0.3) is 10.9 Å². The Kier molecular flexibility index (Phi) is 3.21. The average Bonchev–Trinajstić information content (AvgIpc) is 2.65. The van der Waals surface area contributed by atoms with Gasteiger partial charge >= 0.3 is 0 Å². The quantitative estimate of drug-likeness (QED) is 0.736. The lowest BCUT2D eigenvalue weighted by molar-refractivity contribution is 0.704. The van der Waals surface area contributed by atoms with Gasteiger partial charge in [-0.05, 0) is 57.4 Å². The van der Waals surface area contributed by atoms with Crippen LogP contribution in [0.3, 0.4) is 0 Å². The first-order valence-electron chi connectivity index (χ1n) is 7.27. The van der Waals surface area contributed by atoms with Crippen molar-refractivity contribution in [2.75, 3.05) is 0 Å². The molecule has 0 spiro atoms. The number of nitrogens with zero attached hydrogens (tertiary/aromatic N) is 1. The molecule has 0 bridgehead atoms. The fourth-order valence-corrected chi connectivity index (χ4v) is 3.18. The van der Waals surface area contributed by atoms with E-state index in [0.29, 0.717) is 5.92 Å². The van der Waals surface area contributed by atoms with Gasteiger partial charge in [0.05, 0.1) is 5.52 Å². The highest BCUT2D eigenvalue weighted by molar-refractivity contribution is 5.78. The normalized spacial score (nSPS) is 16.6. The Bertz CT molecular complexity index is 710. The summed E-state index contributed by atoms with van der Waals surface area (Å²) in [6.45, 7) is 9.01. The molecule has 1 aliphatic carbocycles. The van der Waals surface area contributed by atoms with E-state index >= 15 is 0 Å². The van der Waals surface area contributed by atoms with Crippen molar-refractivity contribution in [1.82, 2.24) is 4.98 Å². The summed E-state index contributed by atoms with van der Waals surface area (Å²) >= 11 is 0. The van der Waals surface area contributed by atoms with Crippen molar-refractivity contribution in [2.45, 2.75) is 34.1 Å². The summed E-state index contributed by atoms with van der Waals surface area (Å²) in [4.78, 5) is 4.81. The molecule has 0 saturated heterocycles. The first-order chi connectivity index (χ1) is 9.58. The van der Waals surface area contributed by atoms with Gasteiger partial charge in [0.25, 0.3) is 0 Å². The van der Waals surface area contributed by atoms with Gasteiger partial charge in [0, 0.05) is 17.0 Å². The van der Waals surface area contributed by atoms with Crippen LogP contribution >= 0.6 is 0 Å². The minimum atomic E-state index is 0.531. The molecule has 0 fully saturated rings. The third-order valence-electron chi connectivity index (χ3n) is 4.86. The molecule has 0 aliphatic heterocycles. The SMILES string of the molecule is CC1=C(C)C(Cc2ccc3ccccc3n2)C(C)=C1C. The summed E-state index contributed by atoms with van der Waals surface area (Å²) in [5.41, 5.74) is 8.24. The molecule has 1 aromatic heterocycles. The van der Waals surface area contributed by atoms with Crippen LogP contribution in [-0.2, 0) is 6.42 Å². The van der Waals surface area contributed by atoms with Crippen molar-refractivity contribution in [3.63, 3.8) is 0 Å². The van der Waals surface area contributed by atoms with E-state index in [9.17, 15) is 0 Å². The Morgan fingerprint density at radius 2 is 1.50 bits per heavy atom. The van der Waals surface area contributed by atoms with Crippen molar-refractivity contribution in [2.24, 2.45) is 5.92 Å². The zero-order valence-electron chi connectivity index (χ0n) is 12.7. The molecule has 0 radical (unpaired) electrons. The van der Waals surface area contributed by atoms with E-state index in [-0.39, 0.29) is 0 Å². The molecule has 1 aliphatic rings. The monoisotopic (exact) mass is 263 g/mol. The van der Waals surface area contributed by atoms with Crippen LogP contribution in [0.15, 0.2) is 58.7 Å². The lowest BCUT2D eigenvalue weighted by Crippen LogP contribution is -2.06. The third-order valence-corrected chi connectivity index (χ3v) is 4.86. The van der Waals surface area contributed by atoms with E-state index in [1.807, 2.05) is 0 Å². The number of benzene rings is 1. The first kappa shape index (κ1) is 13.1. The second-order valence-corrected chi connectivity index (χ2v) is 5.87. The van der Waals surface area contributed by atoms with Gasteiger partial charge in [-0.3, -0.25) is 4.98 Å². The molecule has 0 atom stereocenters. The van der Waals surface area contributed by atoms with Crippen molar-refractivity contribution in [1.29, 1.82) is 0 Å². The lowest BCUT2D eigenvalue weighted by Gasteiger charge is -2.15. The Balaban J connectivity index is 1.94. The molecule has 1 heteroatoms. The zero-order valence-corrected chi connectivity index (χ0v) is 12.7. The molecule has 1 heterocycles. The Morgan fingerprint density at radius 1 is 0.850 bits per heavy atom. The molecule has 0 N–H and O–H groups in total. The number of hydrogen-bond donors (Lipinski definition) is 0. The number of hydrogen-bond acceptors (Lipinski definition) is 1. The molecular weight excluding hydrogens is 242 g/mol. The van der Waals surface area contributed by atoms with Crippen LogP contribution in [0.4, 0.5) is 0 Å². The molecule has 3 rings (SSSR count). The van der Waals surface area contributed by atoms with E-state index in [2.05, 4.69) is 64.1 Å². The van der Waals surface area contributed by atoms with Gasteiger partial charge in [-0.1, -0.05) is 35.4 Å². The standard InChI is InChI=1S/C19H21N/c1-12-13(2)15(4)18(14(12)3)11-17-10-9-16-7-5-6-8-19(16)20-17/h5-10,18H,11H2,1-4H3. The minimum Gasteiger partial charge on any atom is -0.253 e. The van der Waals surface area contributed by atoms with E-state index in [0.717, 1.165) is 11.9 Å². The topological polar surface area (TPSA) is 12.9 Å². The third kappa shape index (κ3) is 2.07. The summed E-state index contributed by atoms with van der Waals surface area (Å²) < 4.78 is 0. The van der Waals surface area contributed by atoms with Crippen LogP contribution in [-0.4, -0.2) is 4.98 Å². The molecule has 0 saturated carbocycles. The highest BCUT2D eigenvalue weighted by Crippen LogP contribution is 2.38. The first-order valence-corrected chi connectivity index (χ1v) is 7.27. The predicted octanol–water partition coefficient (Wildman–Crippen LogP) is 5.08. The van der Waals surface area contributed by atoms with Gasteiger partial charge < -0.3 is 0 Å². The molecule has 0 amide bonds. The van der Waals surface area contributed by atoms with Crippen LogP contribution in [0, 0.1) is 5.92 Å². The van der Waals surface area contributed by atoms with E-state index in [1.165, 1.54) is 33.4 Å². The van der Waals surface area contributed by atoms with E-state index in [1.54, 1.807) is 0 Å². The van der Waals surface area contributed by atoms with Gasteiger partial charge in [-0.25, -0.2) is 0 Å². The Hall–Kier alpha value is -1.89. The second-order valence-electron chi connectivity index (χ2n) is 5.87. The zero-order chi connectivity index (χ0) is 14.3. The summed E-state index contributed by atoms with van der Waals surface area (Å²) in [7, 11) is 0. The van der Waals surface area contributed by atoms with Crippen LogP contribution in [0.2, 0.25) is 0 Å². The number of allylic oxidation sites excluding steroid dienone is 4. The Labute approximate surface area is 121 Å². The van der Waals surface area contributed by atoms with E-state index in [4.69, 9.17) is 4.98 Å². The van der Waals surface area contributed by atoms with Gasteiger partial charge in [0.2, 0.25) is 0 Å². The fraction of sp³-hybridized carbons (Fsp3) is 0.316. The number of fused-ring (bicyclic) bond motifs is 1. The maximum Gasteiger partial charge on any atom is 0.0705 e. The molecule has 1 nitrogen and oxygen atoms in total. The predicted molar refractivity (Wildman–Crippen MR) is 85.7 cm³/mol. The van der Waals surface area contributed by atoms with Gasteiger partial charge in [-0.2, -0.15) is 0 Å². The molecular formula is C19H21N. The van der Waals surface area contributed by atoms with Crippen molar-refractivity contribution < 1.29 is 0 Å². The van der Waals surface area contributed by atoms with Crippen molar-refractivity contribution >= 4 is 10.9 Å². The lowest BCUT2D eigenvalue weighted by atomic mass is 9.91. The molecule has 0 unspecified atom stereocenters. The van der Waals surface area contributed by atoms with Crippen molar-refractivity contribution in [3.8, 4) is 0 Å². The number of pyridine rings is 1. The van der Waals surface area contributed by atoms with Crippen LogP contribution in [0.5, 0.6) is 0 Å². The maximum absolute atomic E-state index is 4.81. The molecule has 20 heavy (non-hydrogen) atoms. The second kappa shape index (κ2) is 4.90. The van der Waals surface area contributed by atoms with Crippen LogP contribution in [0.1, 0.15) is 33.4 Å². The molecule has 1 aromatic carbocycles. The van der Waals surface area contributed by atoms with E-state index < -0.39 is 0 Å². The van der Waals surface area contributed by atoms with Crippen molar-refractivity contribution in [3.05, 3.63) is 64.4 Å². The molecule has 102 valence electrons. The highest BCUT2D eigenvalue weighted by atomic mass is 14.7. The van der Waals surface area contributed by atoms with Gasteiger partial charge in [-0.15, -0.1) is 0 Å². The number of rotatable bonds is 2. The average molecular weight is 263 g/mol. The number of para-hydroxylation sites is 1. The van der Waals surface area contributed by atoms with Gasteiger partial charge in [0.1, 0.15) is 0 Å². The molecule has 2 aromatic rings. The highest BCUT2D eigenvalue weighted by Gasteiger charge is 2.24. The summed E-state index contributed by atoms with van der Waals surface area (Å²) in [6.07, 6.45) is 1.01. The minimum absolute atomic E-state index is 0.531. The summed E-state index contributed by atoms with van der Waals surface area (Å²) in [5.74, 6) is 0.531. The van der Waals surface area contributed by atoms with Crippen LogP contribution < -0.4 is 0 Å². The maximum atomic E-state index is 4.81.